The Morgan fingerprint density at radius 3 is 2.57 bits per heavy atom. The number of pyridine rings is 1. The van der Waals surface area contributed by atoms with Gasteiger partial charge in [0.25, 0.3) is 0 Å². The Morgan fingerprint density at radius 2 is 1.96 bits per heavy atom. The van der Waals surface area contributed by atoms with Crippen LogP contribution in [0.4, 0.5) is 18.9 Å². The molecule has 0 bridgehead atoms. The molecule has 1 atom stereocenters. The van der Waals surface area contributed by atoms with Crippen LogP contribution in [0.25, 0.3) is 0 Å². The maximum atomic E-state index is 12.7. The Kier molecular flexibility index (Phi) is 5.76. The molecular formula is C20H21F3N2O3. The van der Waals surface area contributed by atoms with Crippen LogP contribution in [0.3, 0.4) is 0 Å². The maximum absolute atomic E-state index is 12.7. The van der Waals surface area contributed by atoms with Gasteiger partial charge in [0.2, 0.25) is 0 Å². The molecule has 8 heteroatoms. The van der Waals surface area contributed by atoms with Crippen molar-refractivity contribution in [3.8, 4) is 5.75 Å². The number of carbonyl (C=O) groups is 1. The molecule has 0 aliphatic carbocycles. The van der Waals surface area contributed by atoms with Crippen LogP contribution in [0.15, 0.2) is 36.4 Å². The van der Waals surface area contributed by atoms with E-state index < -0.39 is 17.8 Å². The van der Waals surface area contributed by atoms with E-state index in [9.17, 15) is 18.0 Å². The number of carboxylic acids is 1. The smallest absolute Gasteiger partial charge is 0.433 e. The van der Waals surface area contributed by atoms with Crippen molar-refractivity contribution in [1.82, 2.24) is 4.98 Å². The monoisotopic (exact) mass is 394 g/mol. The first-order valence-electron chi connectivity index (χ1n) is 8.99. The summed E-state index contributed by atoms with van der Waals surface area (Å²) in [5, 5.41) is 9.03. The Morgan fingerprint density at radius 1 is 1.25 bits per heavy atom. The molecule has 2 aromatic rings. The Hall–Kier alpha value is -2.77. The molecule has 1 aliphatic heterocycles. The number of anilines is 1. The van der Waals surface area contributed by atoms with Crippen molar-refractivity contribution in [1.29, 1.82) is 0 Å². The summed E-state index contributed by atoms with van der Waals surface area (Å²) < 4.78 is 43.7. The Balaban J connectivity index is 1.63. The molecule has 28 heavy (non-hydrogen) atoms. The average Bonchev–Trinajstić information content (AvgIpc) is 3.07. The van der Waals surface area contributed by atoms with Crippen molar-refractivity contribution in [3.63, 3.8) is 0 Å². The fraction of sp³-hybridized carbons (Fsp3) is 0.400. The summed E-state index contributed by atoms with van der Waals surface area (Å²) >= 11 is 0. The Bertz CT molecular complexity index is 838. The highest BCUT2D eigenvalue weighted by Crippen LogP contribution is 2.30. The summed E-state index contributed by atoms with van der Waals surface area (Å²) in [5.41, 5.74) is 0.876. The molecule has 5 nitrogen and oxygen atoms in total. The number of alkyl halides is 3. The predicted molar refractivity (Wildman–Crippen MR) is 97.4 cm³/mol. The molecule has 0 amide bonds. The SMILES string of the molecule is Cc1nc(C(F)(F)F)ccc1COc1ccc(N2CCC[C@H]2CC(=O)O)cc1. The molecule has 2 heterocycles. The topological polar surface area (TPSA) is 62.7 Å². The third kappa shape index (κ3) is 4.74. The summed E-state index contributed by atoms with van der Waals surface area (Å²) in [6, 6.07) is 9.60. The number of hydrogen-bond donors (Lipinski definition) is 1. The summed E-state index contributed by atoms with van der Waals surface area (Å²) in [6.07, 6.45) is -2.55. The number of aromatic nitrogens is 1. The second-order valence-electron chi connectivity index (χ2n) is 6.81. The minimum Gasteiger partial charge on any atom is -0.489 e. The lowest BCUT2D eigenvalue weighted by molar-refractivity contribution is -0.141. The zero-order chi connectivity index (χ0) is 20.3. The molecule has 150 valence electrons. The zero-order valence-corrected chi connectivity index (χ0v) is 15.4. The second-order valence-corrected chi connectivity index (χ2v) is 6.81. The summed E-state index contributed by atoms with van der Waals surface area (Å²) in [6.45, 7) is 2.45. The first-order valence-corrected chi connectivity index (χ1v) is 8.99. The van der Waals surface area contributed by atoms with Crippen LogP contribution in [0.1, 0.15) is 36.2 Å². The van der Waals surface area contributed by atoms with Crippen molar-refractivity contribution in [2.75, 3.05) is 11.4 Å². The highest BCUT2D eigenvalue weighted by atomic mass is 19.4. The summed E-state index contributed by atoms with van der Waals surface area (Å²) in [5.74, 6) is -0.227. The lowest BCUT2D eigenvalue weighted by Gasteiger charge is -2.25. The molecular weight excluding hydrogens is 373 g/mol. The first kappa shape index (κ1) is 20.0. The van der Waals surface area contributed by atoms with E-state index in [0.717, 1.165) is 31.1 Å². The third-order valence-electron chi connectivity index (χ3n) is 4.84. The van der Waals surface area contributed by atoms with Crippen LogP contribution in [-0.4, -0.2) is 28.6 Å². The largest absolute Gasteiger partial charge is 0.489 e. The third-order valence-corrected chi connectivity index (χ3v) is 4.84. The van der Waals surface area contributed by atoms with Gasteiger partial charge in [-0.3, -0.25) is 4.79 Å². The van der Waals surface area contributed by atoms with Gasteiger partial charge in [-0.15, -0.1) is 0 Å². The van der Waals surface area contributed by atoms with Gasteiger partial charge >= 0.3 is 12.1 Å². The van der Waals surface area contributed by atoms with Gasteiger partial charge in [0.05, 0.1) is 6.42 Å². The van der Waals surface area contributed by atoms with E-state index in [1.807, 2.05) is 12.1 Å². The Labute approximate surface area is 160 Å². The van der Waals surface area contributed by atoms with Crippen LogP contribution in [-0.2, 0) is 17.6 Å². The van der Waals surface area contributed by atoms with Crippen LogP contribution < -0.4 is 9.64 Å². The molecule has 1 aromatic heterocycles. The normalized spacial score (nSPS) is 17.0. The molecule has 1 N–H and O–H groups in total. The predicted octanol–water partition coefficient (Wildman–Crippen LogP) is 4.43. The van der Waals surface area contributed by atoms with Crippen LogP contribution in [0.2, 0.25) is 0 Å². The van der Waals surface area contributed by atoms with Crippen LogP contribution in [0.5, 0.6) is 5.75 Å². The number of hydrogen-bond acceptors (Lipinski definition) is 4. The highest BCUT2D eigenvalue weighted by Gasteiger charge is 2.32. The van der Waals surface area contributed by atoms with Gasteiger partial charge in [0, 0.05) is 29.5 Å². The first-order chi connectivity index (χ1) is 13.2. The van der Waals surface area contributed by atoms with E-state index >= 15 is 0 Å². The van der Waals surface area contributed by atoms with Gasteiger partial charge in [-0.1, -0.05) is 6.07 Å². The number of ether oxygens (including phenoxy) is 1. The van der Waals surface area contributed by atoms with E-state index in [1.165, 1.54) is 13.0 Å². The van der Waals surface area contributed by atoms with Gasteiger partial charge in [-0.2, -0.15) is 13.2 Å². The molecule has 1 fully saturated rings. The van der Waals surface area contributed by atoms with Crippen molar-refractivity contribution in [2.24, 2.45) is 0 Å². The molecule has 1 aromatic carbocycles. The molecule has 0 saturated carbocycles. The van der Waals surface area contributed by atoms with Gasteiger partial charge in [0.1, 0.15) is 18.1 Å². The van der Waals surface area contributed by atoms with Crippen molar-refractivity contribution < 1.29 is 27.8 Å². The van der Waals surface area contributed by atoms with Crippen molar-refractivity contribution >= 4 is 11.7 Å². The van der Waals surface area contributed by atoms with Crippen LogP contribution >= 0.6 is 0 Å². The van der Waals surface area contributed by atoms with Crippen LogP contribution in [0, 0.1) is 6.92 Å². The van der Waals surface area contributed by atoms with Gasteiger partial charge < -0.3 is 14.7 Å². The van der Waals surface area contributed by atoms with E-state index in [-0.39, 0.29) is 24.8 Å². The number of halogens is 3. The molecule has 0 spiro atoms. The quantitative estimate of drug-likeness (QED) is 0.785. The number of aliphatic carboxylic acids is 1. The highest BCUT2D eigenvalue weighted by molar-refractivity contribution is 5.69. The number of nitrogens with zero attached hydrogens (tertiary/aromatic N) is 2. The van der Waals surface area contributed by atoms with E-state index in [2.05, 4.69) is 9.88 Å². The minimum absolute atomic E-state index is 0.00913. The minimum atomic E-state index is -4.46. The second kappa shape index (κ2) is 8.08. The fourth-order valence-electron chi connectivity index (χ4n) is 3.38. The summed E-state index contributed by atoms with van der Waals surface area (Å²) in [7, 11) is 0. The average molecular weight is 394 g/mol. The van der Waals surface area contributed by atoms with E-state index in [0.29, 0.717) is 11.3 Å². The maximum Gasteiger partial charge on any atom is 0.433 e. The lowest BCUT2D eigenvalue weighted by atomic mass is 10.1. The number of aryl methyl sites for hydroxylation is 1. The van der Waals surface area contributed by atoms with Crippen molar-refractivity contribution in [3.05, 3.63) is 53.3 Å². The molecule has 1 saturated heterocycles. The number of carboxylic acid groups (broad SMARTS) is 1. The summed E-state index contributed by atoms with van der Waals surface area (Å²) in [4.78, 5) is 16.7. The number of benzene rings is 1. The zero-order valence-electron chi connectivity index (χ0n) is 15.4. The molecule has 1 aliphatic rings. The standard InChI is InChI=1S/C20H21F3N2O3/c1-13-14(4-9-18(24-13)20(21,22)23)12-28-17-7-5-15(6-8-17)25-10-2-3-16(25)11-19(26)27/h4-9,16H,2-3,10-12H2,1H3,(H,26,27)/t16-/m0/s1. The van der Waals surface area contributed by atoms with Gasteiger partial charge in [0.15, 0.2) is 0 Å². The van der Waals surface area contributed by atoms with E-state index in [1.54, 1.807) is 12.1 Å². The van der Waals surface area contributed by atoms with Gasteiger partial charge in [-0.25, -0.2) is 4.98 Å². The van der Waals surface area contributed by atoms with E-state index in [4.69, 9.17) is 9.84 Å². The number of rotatable bonds is 6. The van der Waals surface area contributed by atoms with Gasteiger partial charge in [-0.05, 0) is 50.1 Å². The molecule has 0 unspecified atom stereocenters. The molecule has 0 radical (unpaired) electrons. The fourth-order valence-corrected chi connectivity index (χ4v) is 3.38. The lowest BCUT2D eigenvalue weighted by Crippen LogP contribution is -2.31. The van der Waals surface area contributed by atoms with Crippen molar-refractivity contribution in [2.45, 2.75) is 45.0 Å². The molecule has 3 rings (SSSR count).